The molecule has 0 saturated heterocycles. The third-order valence-electron chi connectivity index (χ3n) is 2.29. The van der Waals surface area contributed by atoms with Gasteiger partial charge in [0.1, 0.15) is 11.6 Å². The molecule has 0 heterocycles. The van der Waals surface area contributed by atoms with E-state index >= 15 is 0 Å². The lowest BCUT2D eigenvalue weighted by molar-refractivity contribution is -0.116. The molecule has 0 aliphatic rings. The lowest BCUT2D eigenvalue weighted by Gasteiger charge is -2.07. The number of hydrogen-bond donors (Lipinski definition) is 1. The van der Waals surface area contributed by atoms with Crippen LogP contribution in [0.2, 0.25) is 0 Å². The number of carbonyl (C=O) groups is 1. The third kappa shape index (κ3) is 4.42. The van der Waals surface area contributed by atoms with Gasteiger partial charge in [0, 0.05) is 12.5 Å². The van der Waals surface area contributed by atoms with Gasteiger partial charge in [-0.3, -0.25) is 4.79 Å². The number of rotatable bonds is 5. The number of anilines is 1. The van der Waals surface area contributed by atoms with Crippen LogP contribution in [0.25, 0.3) is 0 Å². The number of unbranched alkanes of at least 4 members (excludes halogenated alkanes) is 2. The molecule has 1 rings (SSSR count). The first-order valence-electron chi connectivity index (χ1n) is 5.49. The molecular formula is C12H14BrF2NO. The van der Waals surface area contributed by atoms with E-state index in [1.54, 1.807) is 0 Å². The highest BCUT2D eigenvalue weighted by atomic mass is 79.9. The number of hydrogen-bond acceptors (Lipinski definition) is 1. The summed E-state index contributed by atoms with van der Waals surface area (Å²) in [7, 11) is 0. The Morgan fingerprint density at radius 3 is 2.65 bits per heavy atom. The average Bonchev–Trinajstić information content (AvgIpc) is 2.26. The predicted octanol–water partition coefficient (Wildman–Crippen LogP) is 4.25. The van der Waals surface area contributed by atoms with Crippen LogP contribution >= 0.6 is 15.9 Å². The number of nitrogens with one attached hydrogen (secondary N) is 1. The fraction of sp³-hybridized carbons (Fsp3) is 0.417. The van der Waals surface area contributed by atoms with Crippen molar-refractivity contribution in [2.75, 3.05) is 5.32 Å². The smallest absolute Gasteiger partial charge is 0.224 e. The van der Waals surface area contributed by atoms with Gasteiger partial charge in [0.2, 0.25) is 5.91 Å². The van der Waals surface area contributed by atoms with E-state index in [1.807, 2.05) is 6.92 Å². The van der Waals surface area contributed by atoms with Gasteiger partial charge in [-0.15, -0.1) is 0 Å². The molecule has 17 heavy (non-hydrogen) atoms. The van der Waals surface area contributed by atoms with Gasteiger partial charge in [0.05, 0.1) is 10.2 Å². The Labute approximate surface area is 108 Å². The van der Waals surface area contributed by atoms with E-state index in [0.717, 1.165) is 31.4 Å². The first-order chi connectivity index (χ1) is 8.04. The Hall–Kier alpha value is -0.970. The van der Waals surface area contributed by atoms with Crippen LogP contribution < -0.4 is 5.32 Å². The normalized spacial score (nSPS) is 10.4. The zero-order valence-corrected chi connectivity index (χ0v) is 11.1. The van der Waals surface area contributed by atoms with Crippen molar-refractivity contribution in [2.24, 2.45) is 0 Å². The highest BCUT2D eigenvalue weighted by Gasteiger charge is 2.10. The first kappa shape index (κ1) is 14.1. The van der Waals surface area contributed by atoms with Crippen molar-refractivity contribution in [3.05, 3.63) is 28.2 Å². The van der Waals surface area contributed by atoms with E-state index in [-0.39, 0.29) is 16.1 Å². The van der Waals surface area contributed by atoms with Crippen LogP contribution in [-0.2, 0) is 4.79 Å². The Balaban J connectivity index is 2.62. The third-order valence-corrected chi connectivity index (χ3v) is 2.90. The molecule has 0 aromatic heterocycles. The molecule has 0 saturated carbocycles. The SMILES string of the molecule is CCCCCC(=O)Nc1cc(F)c(Br)cc1F. The molecule has 5 heteroatoms. The largest absolute Gasteiger partial charge is 0.324 e. The van der Waals surface area contributed by atoms with Crippen LogP contribution in [0.1, 0.15) is 32.6 Å². The Bertz CT molecular complexity index is 410. The van der Waals surface area contributed by atoms with Crippen molar-refractivity contribution in [1.29, 1.82) is 0 Å². The second-order valence-electron chi connectivity index (χ2n) is 3.75. The van der Waals surface area contributed by atoms with E-state index < -0.39 is 11.6 Å². The maximum absolute atomic E-state index is 13.4. The van der Waals surface area contributed by atoms with Gasteiger partial charge in [0.25, 0.3) is 0 Å². The van der Waals surface area contributed by atoms with Crippen LogP contribution in [0.4, 0.5) is 14.5 Å². The molecule has 0 spiro atoms. The molecule has 0 radical (unpaired) electrons. The van der Waals surface area contributed by atoms with Gasteiger partial charge in [0.15, 0.2) is 0 Å². The van der Waals surface area contributed by atoms with Gasteiger partial charge < -0.3 is 5.32 Å². The lowest BCUT2D eigenvalue weighted by Crippen LogP contribution is -2.12. The maximum atomic E-state index is 13.4. The van der Waals surface area contributed by atoms with Crippen LogP contribution in [0, 0.1) is 11.6 Å². The summed E-state index contributed by atoms with van der Waals surface area (Å²) in [6.07, 6.45) is 3.03. The molecule has 1 N–H and O–H groups in total. The summed E-state index contributed by atoms with van der Waals surface area (Å²) in [5.74, 6) is -1.54. The van der Waals surface area contributed by atoms with Gasteiger partial charge in [-0.05, 0) is 28.4 Å². The molecule has 0 fully saturated rings. The summed E-state index contributed by atoms with van der Waals surface area (Å²) < 4.78 is 26.6. The molecule has 94 valence electrons. The summed E-state index contributed by atoms with van der Waals surface area (Å²) in [6, 6.07) is 1.97. The van der Waals surface area contributed by atoms with Crippen molar-refractivity contribution in [3.8, 4) is 0 Å². The van der Waals surface area contributed by atoms with Crippen molar-refractivity contribution in [3.63, 3.8) is 0 Å². The molecule has 0 aliphatic heterocycles. The predicted molar refractivity (Wildman–Crippen MR) is 66.8 cm³/mol. The minimum atomic E-state index is -0.651. The zero-order valence-electron chi connectivity index (χ0n) is 9.53. The highest BCUT2D eigenvalue weighted by molar-refractivity contribution is 9.10. The fourth-order valence-corrected chi connectivity index (χ4v) is 1.68. The molecular weight excluding hydrogens is 292 g/mol. The monoisotopic (exact) mass is 305 g/mol. The van der Waals surface area contributed by atoms with Crippen molar-refractivity contribution in [1.82, 2.24) is 0 Å². The number of halogens is 3. The van der Waals surface area contributed by atoms with E-state index in [4.69, 9.17) is 0 Å². The van der Waals surface area contributed by atoms with Gasteiger partial charge in [-0.25, -0.2) is 8.78 Å². The lowest BCUT2D eigenvalue weighted by atomic mass is 10.2. The molecule has 1 aromatic rings. The summed E-state index contributed by atoms with van der Waals surface area (Å²) in [5.41, 5.74) is -0.118. The van der Waals surface area contributed by atoms with Crippen LogP contribution in [0.3, 0.4) is 0 Å². The molecule has 0 unspecified atom stereocenters. The molecule has 1 amide bonds. The van der Waals surface area contributed by atoms with E-state index in [9.17, 15) is 13.6 Å². The van der Waals surface area contributed by atoms with Crippen LogP contribution in [0.5, 0.6) is 0 Å². The van der Waals surface area contributed by atoms with E-state index in [2.05, 4.69) is 21.2 Å². The quantitative estimate of drug-likeness (QED) is 0.639. The fourth-order valence-electron chi connectivity index (χ4n) is 1.37. The summed E-state index contributed by atoms with van der Waals surface area (Å²) in [6.45, 7) is 2.03. The molecule has 0 atom stereocenters. The summed E-state index contributed by atoms with van der Waals surface area (Å²) in [4.78, 5) is 11.4. The van der Waals surface area contributed by atoms with Gasteiger partial charge in [-0.2, -0.15) is 0 Å². The zero-order chi connectivity index (χ0) is 12.8. The molecule has 0 aliphatic carbocycles. The van der Waals surface area contributed by atoms with Gasteiger partial charge in [-0.1, -0.05) is 19.8 Å². The minimum absolute atomic E-state index is 0.0407. The van der Waals surface area contributed by atoms with Crippen molar-refractivity contribution < 1.29 is 13.6 Å². The summed E-state index contributed by atoms with van der Waals surface area (Å²) >= 11 is 2.87. The topological polar surface area (TPSA) is 29.1 Å². The maximum Gasteiger partial charge on any atom is 0.224 e. The number of carbonyl (C=O) groups excluding carboxylic acids is 1. The number of benzene rings is 1. The van der Waals surface area contributed by atoms with Crippen LogP contribution in [0.15, 0.2) is 16.6 Å². The second kappa shape index (κ2) is 6.69. The standard InChI is InChI=1S/C12H14BrF2NO/c1-2-3-4-5-12(17)16-11-7-9(14)8(13)6-10(11)15/h6-7H,2-5H2,1H3,(H,16,17). The molecule has 0 bridgehead atoms. The summed E-state index contributed by atoms with van der Waals surface area (Å²) in [5, 5.41) is 2.36. The van der Waals surface area contributed by atoms with Crippen molar-refractivity contribution in [2.45, 2.75) is 32.6 Å². The molecule has 1 aromatic carbocycles. The Morgan fingerprint density at radius 2 is 2.00 bits per heavy atom. The van der Waals surface area contributed by atoms with Crippen molar-refractivity contribution >= 4 is 27.5 Å². The second-order valence-corrected chi connectivity index (χ2v) is 4.61. The number of amides is 1. The van der Waals surface area contributed by atoms with Gasteiger partial charge >= 0.3 is 0 Å². The Kier molecular flexibility index (Phi) is 5.55. The average molecular weight is 306 g/mol. The highest BCUT2D eigenvalue weighted by Crippen LogP contribution is 2.23. The first-order valence-corrected chi connectivity index (χ1v) is 6.28. The molecule has 2 nitrogen and oxygen atoms in total. The minimum Gasteiger partial charge on any atom is -0.324 e. The van der Waals surface area contributed by atoms with E-state index in [1.165, 1.54) is 0 Å². The Morgan fingerprint density at radius 1 is 1.29 bits per heavy atom. The van der Waals surface area contributed by atoms with E-state index in [0.29, 0.717) is 6.42 Å². The van der Waals surface area contributed by atoms with Crippen LogP contribution in [-0.4, -0.2) is 5.91 Å².